The van der Waals surface area contributed by atoms with Gasteiger partial charge in [-0.15, -0.1) is 0 Å². The highest BCUT2D eigenvalue weighted by molar-refractivity contribution is 6.07. The Labute approximate surface area is 219 Å². The number of methoxy groups -OCH3 is 1. The third kappa shape index (κ3) is 3.97. The van der Waals surface area contributed by atoms with Crippen molar-refractivity contribution < 1.29 is 14.6 Å². The summed E-state index contributed by atoms with van der Waals surface area (Å²) >= 11 is 0. The van der Waals surface area contributed by atoms with Gasteiger partial charge in [-0.25, -0.2) is 5.10 Å². The predicted octanol–water partition coefficient (Wildman–Crippen LogP) is 3.36. The van der Waals surface area contributed by atoms with E-state index >= 15 is 0 Å². The summed E-state index contributed by atoms with van der Waals surface area (Å²) in [6.45, 7) is 1.01. The fourth-order valence-corrected chi connectivity index (χ4v) is 5.69. The number of ether oxygens (including phenoxy) is 1. The third-order valence-electron chi connectivity index (χ3n) is 7.55. The number of carbonyl (C=O) groups excluding carboxylic acids is 1. The van der Waals surface area contributed by atoms with Gasteiger partial charge in [0.25, 0.3) is 11.5 Å². The molecule has 1 aromatic carbocycles. The average molecular weight is 515 g/mol. The summed E-state index contributed by atoms with van der Waals surface area (Å²) in [5, 5.41) is 20.4. The Bertz CT molecular complexity index is 1600. The molecule has 38 heavy (non-hydrogen) atoms. The lowest BCUT2D eigenvalue weighted by Gasteiger charge is -2.31. The Morgan fingerprint density at radius 1 is 1.13 bits per heavy atom. The molecule has 196 valence electrons. The summed E-state index contributed by atoms with van der Waals surface area (Å²) in [5.41, 5.74) is 6.20. The van der Waals surface area contributed by atoms with Crippen molar-refractivity contribution >= 4 is 23.1 Å². The zero-order valence-corrected chi connectivity index (χ0v) is 21.5. The van der Waals surface area contributed by atoms with E-state index in [0.717, 1.165) is 49.0 Å². The van der Waals surface area contributed by atoms with Crippen molar-refractivity contribution in [1.29, 1.82) is 0 Å². The number of aromatic nitrogens is 4. The number of carbonyl (C=O) groups is 1. The summed E-state index contributed by atoms with van der Waals surface area (Å²) in [6, 6.07) is 11.1. The largest absolute Gasteiger partial charge is 0.481 e. The number of aliphatic hydroxyl groups excluding tert-OH is 1. The number of rotatable bonds is 6. The van der Waals surface area contributed by atoms with E-state index in [4.69, 9.17) is 4.74 Å². The van der Waals surface area contributed by atoms with E-state index in [1.807, 2.05) is 18.2 Å². The topological polar surface area (TPSA) is 117 Å². The highest BCUT2D eigenvalue weighted by atomic mass is 16.5. The van der Waals surface area contributed by atoms with Crippen LogP contribution in [0.25, 0.3) is 11.1 Å². The van der Waals surface area contributed by atoms with Crippen LogP contribution in [0.4, 0.5) is 17.2 Å². The standard InChI is InChI=1S/C28H30N6O4/c1-32-15-18(12-21(27(32)36)29-25-14-26(38-2)31-30-25)19-7-5-9-23(20(19)16-35)34-11-10-33-22-8-4-3-6-17(22)13-24(33)28(34)37/h5,7,9,12-15,35H,3-4,6,8,10-11,16H2,1-2H3,(H2,29,30,31). The Morgan fingerprint density at radius 2 is 1.97 bits per heavy atom. The second kappa shape index (κ2) is 9.53. The zero-order chi connectivity index (χ0) is 26.4. The van der Waals surface area contributed by atoms with E-state index in [9.17, 15) is 14.7 Å². The van der Waals surface area contributed by atoms with Crippen molar-refractivity contribution in [2.24, 2.45) is 7.05 Å². The van der Waals surface area contributed by atoms with Crippen LogP contribution in [0.5, 0.6) is 5.88 Å². The van der Waals surface area contributed by atoms with E-state index in [1.165, 1.54) is 22.9 Å². The number of benzene rings is 1. The van der Waals surface area contributed by atoms with Gasteiger partial charge in [0.05, 0.1) is 19.4 Å². The van der Waals surface area contributed by atoms with Crippen molar-refractivity contribution in [3.8, 4) is 17.0 Å². The molecule has 1 amide bonds. The van der Waals surface area contributed by atoms with Gasteiger partial charge in [0.2, 0.25) is 5.88 Å². The Morgan fingerprint density at radius 3 is 2.76 bits per heavy atom. The second-order valence-corrected chi connectivity index (χ2v) is 9.78. The number of hydrogen-bond donors (Lipinski definition) is 3. The van der Waals surface area contributed by atoms with Gasteiger partial charge in [0, 0.05) is 49.2 Å². The van der Waals surface area contributed by atoms with Gasteiger partial charge < -0.3 is 29.2 Å². The van der Waals surface area contributed by atoms with Crippen LogP contribution in [0.15, 0.2) is 47.4 Å². The van der Waals surface area contributed by atoms with Crippen LogP contribution in [0.2, 0.25) is 0 Å². The first-order valence-electron chi connectivity index (χ1n) is 12.8. The fourth-order valence-electron chi connectivity index (χ4n) is 5.69. The molecule has 0 atom stereocenters. The highest BCUT2D eigenvalue weighted by Gasteiger charge is 2.31. The number of aryl methyl sites for hydroxylation is 2. The lowest BCUT2D eigenvalue weighted by molar-refractivity contribution is 0.0964. The molecule has 4 aromatic rings. The summed E-state index contributed by atoms with van der Waals surface area (Å²) in [5.74, 6) is 0.860. The number of amides is 1. The molecule has 3 N–H and O–H groups in total. The van der Waals surface area contributed by atoms with E-state index < -0.39 is 0 Å². The Balaban J connectivity index is 1.38. The van der Waals surface area contributed by atoms with Crippen LogP contribution >= 0.6 is 0 Å². The van der Waals surface area contributed by atoms with Crippen LogP contribution in [0, 0.1) is 0 Å². The normalized spacial score (nSPS) is 14.8. The van der Waals surface area contributed by atoms with Crippen molar-refractivity contribution in [1.82, 2.24) is 19.3 Å². The molecular formula is C28H30N6O4. The quantitative estimate of drug-likeness (QED) is 0.363. The van der Waals surface area contributed by atoms with E-state index in [-0.39, 0.29) is 18.1 Å². The molecule has 1 aliphatic heterocycles. The first-order valence-corrected chi connectivity index (χ1v) is 12.8. The Kier molecular flexibility index (Phi) is 6.03. The molecule has 4 heterocycles. The van der Waals surface area contributed by atoms with Crippen LogP contribution in [-0.4, -0.2) is 44.0 Å². The number of aliphatic hydroxyl groups is 1. The zero-order valence-electron chi connectivity index (χ0n) is 21.5. The van der Waals surface area contributed by atoms with Gasteiger partial charge in [-0.2, -0.15) is 5.10 Å². The molecule has 10 nitrogen and oxygen atoms in total. The van der Waals surface area contributed by atoms with E-state index in [0.29, 0.717) is 35.2 Å². The maximum atomic E-state index is 13.7. The van der Waals surface area contributed by atoms with Crippen molar-refractivity contribution in [2.45, 2.75) is 38.8 Å². The number of H-pyrrole nitrogens is 1. The summed E-state index contributed by atoms with van der Waals surface area (Å²) in [4.78, 5) is 28.3. The third-order valence-corrected chi connectivity index (χ3v) is 7.55. The first kappa shape index (κ1) is 24.1. The molecule has 0 unspecified atom stereocenters. The van der Waals surface area contributed by atoms with Crippen LogP contribution in [0.1, 0.15) is 40.2 Å². The van der Waals surface area contributed by atoms with E-state index in [2.05, 4.69) is 26.1 Å². The molecule has 0 spiro atoms. The first-order chi connectivity index (χ1) is 18.5. The van der Waals surface area contributed by atoms with Crippen LogP contribution in [-0.2, 0) is 33.0 Å². The fraction of sp³-hybridized carbons (Fsp3) is 0.321. The van der Waals surface area contributed by atoms with Gasteiger partial charge in [-0.1, -0.05) is 12.1 Å². The molecule has 2 aliphatic rings. The predicted molar refractivity (Wildman–Crippen MR) is 144 cm³/mol. The molecule has 0 saturated heterocycles. The monoisotopic (exact) mass is 514 g/mol. The minimum atomic E-state index is -0.255. The molecule has 0 fully saturated rings. The summed E-state index contributed by atoms with van der Waals surface area (Å²) in [7, 11) is 3.20. The minimum Gasteiger partial charge on any atom is -0.481 e. The van der Waals surface area contributed by atoms with Crippen molar-refractivity contribution in [2.75, 3.05) is 23.9 Å². The minimum absolute atomic E-state index is 0.0483. The summed E-state index contributed by atoms with van der Waals surface area (Å²) < 4.78 is 8.80. The SMILES string of the molecule is COc1cc(Nc2cc(-c3cccc(N4CCn5c(cc6c5CCCC6)C4=O)c3CO)cn(C)c2=O)n[nH]1. The number of nitrogens with zero attached hydrogens (tertiary/aromatic N) is 4. The van der Waals surface area contributed by atoms with Gasteiger partial charge >= 0.3 is 0 Å². The average Bonchev–Trinajstić information content (AvgIpc) is 3.55. The number of anilines is 3. The number of nitrogens with one attached hydrogen (secondary N) is 2. The molecule has 6 rings (SSSR count). The molecule has 0 bridgehead atoms. The maximum absolute atomic E-state index is 13.7. The second-order valence-electron chi connectivity index (χ2n) is 9.78. The van der Waals surface area contributed by atoms with Gasteiger partial charge in [0.15, 0.2) is 5.82 Å². The molecule has 3 aromatic heterocycles. The van der Waals surface area contributed by atoms with Crippen LogP contribution < -0.4 is 20.5 Å². The number of pyridine rings is 1. The van der Waals surface area contributed by atoms with Gasteiger partial charge in [0.1, 0.15) is 11.4 Å². The van der Waals surface area contributed by atoms with Crippen molar-refractivity contribution in [3.05, 3.63) is 75.5 Å². The van der Waals surface area contributed by atoms with Gasteiger partial charge in [-0.3, -0.25) is 9.59 Å². The maximum Gasteiger partial charge on any atom is 0.274 e. The van der Waals surface area contributed by atoms with Crippen molar-refractivity contribution in [3.63, 3.8) is 0 Å². The lowest BCUT2D eigenvalue weighted by Crippen LogP contribution is -2.41. The molecule has 1 aliphatic carbocycles. The molecule has 10 heteroatoms. The van der Waals surface area contributed by atoms with Gasteiger partial charge in [-0.05, 0) is 55.0 Å². The summed E-state index contributed by atoms with van der Waals surface area (Å²) in [6.07, 6.45) is 6.10. The van der Waals surface area contributed by atoms with Crippen LogP contribution in [0.3, 0.4) is 0 Å². The highest BCUT2D eigenvalue weighted by Crippen LogP contribution is 2.35. The molecule has 0 saturated carbocycles. The number of hydrogen-bond acceptors (Lipinski definition) is 6. The Hall–Kier alpha value is -4.31. The molecular weight excluding hydrogens is 484 g/mol. The number of fused-ring (bicyclic) bond motifs is 3. The van der Waals surface area contributed by atoms with E-state index in [1.54, 1.807) is 30.3 Å². The molecule has 0 radical (unpaired) electrons. The smallest absolute Gasteiger partial charge is 0.274 e. The number of aromatic amines is 1. The lowest BCUT2D eigenvalue weighted by atomic mass is 9.98.